The Morgan fingerprint density at radius 1 is 1.02 bits per heavy atom. The third kappa shape index (κ3) is 6.60. The summed E-state index contributed by atoms with van der Waals surface area (Å²) in [6, 6.07) is 13.6. The van der Waals surface area contributed by atoms with E-state index >= 15 is 0 Å². The van der Waals surface area contributed by atoms with Gasteiger partial charge in [0.2, 0.25) is 5.88 Å². The predicted octanol–water partition coefficient (Wildman–Crippen LogP) is 6.28. The number of ether oxygens (including phenoxy) is 1. The Bertz CT molecular complexity index is 2290. The Morgan fingerprint density at radius 3 is 2.49 bits per heavy atom. The second-order valence-corrected chi connectivity index (χ2v) is 13.5. The number of aryl methyl sites for hydroxylation is 3. The molecule has 5 aromatic rings. The van der Waals surface area contributed by atoms with Crippen LogP contribution in [0.1, 0.15) is 48.7 Å². The number of nitrogens with zero attached hydrogens (tertiary/aromatic N) is 6. The van der Waals surface area contributed by atoms with Gasteiger partial charge in [-0.2, -0.15) is 12.8 Å². The zero-order chi connectivity index (χ0) is 35.3. The van der Waals surface area contributed by atoms with Gasteiger partial charge in [-0.05, 0) is 44.0 Å². The number of methoxy groups -OCH3 is 1. The molecule has 0 spiro atoms. The monoisotopic (exact) mass is 766 g/mol. The van der Waals surface area contributed by atoms with Crippen LogP contribution in [-0.2, 0) is 42.4 Å². The van der Waals surface area contributed by atoms with Crippen LogP contribution in [0, 0.1) is 12.8 Å². The Kier molecular flexibility index (Phi) is 10.7. The number of aromatic nitrogens is 5. The fourth-order valence-corrected chi connectivity index (χ4v) is 7.85. The van der Waals surface area contributed by atoms with Crippen molar-refractivity contribution in [3.63, 3.8) is 0 Å². The van der Waals surface area contributed by atoms with Gasteiger partial charge in [0.05, 0.1) is 28.5 Å². The molecule has 1 fully saturated rings. The van der Waals surface area contributed by atoms with Crippen LogP contribution < -0.4 is 21.3 Å². The van der Waals surface area contributed by atoms with Crippen molar-refractivity contribution in [3.8, 4) is 28.3 Å². The summed E-state index contributed by atoms with van der Waals surface area (Å²) in [7, 11) is 4.63. The summed E-state index contributed by atoms with van der Waals surface area (Å²) in [6.45, 7) is 3.52. The molecule has 2 aliphatic rings. The van der Waals surface area contributed by atoms with E-state index < -0.39 is 11.2 Å². The molecule has 1 saturated heterocycles. The molecule has 11 nitrogen and oxygen atoms in total. The summed E-state index contributed by atoms with van der Waals surface area (Å²) in [6.07, 6.45) is 6.13. The van der Waals surface area contributed by atoms with Gasteiger partial charge in [0.15, 0.2) is 5.65 Å². The summed E-state index contributed by atoms with van der Waals surface area (Å²) >= 11 is 14.2. The Labute approximate surface area is 315 Å². The van der Waals surface area contributed by atoms with Crippen LogP contribution >= 0.6 is 23.2 Å². The molecule has 0 saturated carbocycles. The Morgan fingerprint density at radius 2 is 1.75 bits per heavy atom. The first-order valence-corrected chi connectivity index (χ1v) is 17.2. The number of likely N-dealkylation sites (tertiary alicyclic amines) is 1. The van der Waals surface area contributed by atoms with Crippen molar-refractivity contribution < 1.29 is 26.6 Å². The van der Waals surface area contributed by atoms with E-state index in [1.807, 2.05) is 36.6 Å². The van der Waals surface area contributed by atoms with Gasteiger partial charge in [-0.1, -0.05) is 53.5 Å². The first-order chi connectivity index (χ1) is 24.1. The first kappa shape index (κ1) is 36.7. The van der Waals surface area contributed by atoms with E-state index in [2.05, 4.69) is 26.3 Å². The maximum Gasteiger partial charge on any atom is 2.00 e. The molecule has 263 valence electrons. The van der Waals surface area contributed by atoms with Crippen molar-refractivity contribution in [2.75, 3.05) is 25.5 Å². The maximum atomic E-state index is 13.2. The van der Waals surface area contributed by atoms with Gasteiger partial charge in [-0.15, -0.1) is 6.54 Å². The molecule has 2 aromatic carbocycles. The molecule has 4 heterocycles. The van der Waals surface area contributed by atoms with E-state index in [-0.39, 0.29) is 40.0 Å². The zero-order valence-corrected chi connectivity index (χ0v) is 31.2. The molecular weight excluding hydrogens is 732 g/mol. The number of fused-ring (bicyclic) bond motifs is 2. The van der Waals surface area contributed by atoms with Crippen LogP contribution in [0.25, 0.3) is 33.4 Å². The van der Waals surface area contributed by atoms with Crippen LogP contribution in [0.15, 0.2) is 52.1 Å². The molecular formula is C37H35Cl2MnN7O4. The molecule has 14 heteroatoms. The molecule has 0 unspecified atom stereocenters. The molecule has 3 aromatic heterocycles. The minimum Gasteiger partial charge on any atom is -0.542 e. The minimum atomic E-state index is -0.519. The molecule has 1 atom stereocenters. The number of hydrogen-bond acceptors (Lipinski definition) is 9. The number of anilines is 2. The second kappa shape index (κ2) is 14.9. The summed E-state index contributed by atoms with van der Waals surface area (Å²) in [5.74, 6) is 2.60. The number of carbonyl (C=O) groups excluding carboxylic acids is 1. The van der Waals surface area contributed by atoms with E-state index in [1.165, 1.54) is 23.1 Å². The van der Waals surface area contributed by atoms with Crippen LogP contribution in [0.3, 0.4) is 0 Å². The van der Waals surface area contributed by atoms with Crippen LogP contribution in [0.5, 0.6) is 5.88 Å². The van der Waals surface area contributed by atoms with Crippen molar-refractivity contribution >= 4 is 52.0 Å². The number of hydrogen-bond donors (Lipinski definition) is 1. The number of halogens is 2. The van der Waals surface area contributed by atoms with Crippen molar-refractivity contribution in [1.82, 2.24) is 29.0 Å². The van der Waals surface area contributed by atoms with E-state index in [0.29, 0.717) is 50.7 Å². The number of nitrogens with one attached hydrogen (secondary N) is 1. The summed E-state index contributed by atoms with van der Waals surface area (Å²) in [5.41, 5.74) is 4.84. The predicted molar refractivity (Wildman–Crippen MR) is 195 cm³/mol. The van der Waals surface area contributed by atoms with Crippen LogP contribution in [0.4, 0.5) is 11.5 Å². The smallest absolute Gasteiger partial charge is 0.542 e. The molecule has 1 radical (unpaired) electrons. The van der Waals surface area contributed by atoms with E-state index in [4.69, 9.17) is 32.9 Å². The van der Waals surface area contributed by atoms with Gasteiger partial charge in [-0.25, -0.2) is 26.2 Å². The molecule has 0 amide bonds. The molecule has 1 N–H and O–H groups in total. The topological polar surface area (TPSA) is 124 Å². The number of rotatable bonds is 9. The van der Waals surface area contributed by atoms with Crippen molar-refractivity contribution in [2.45, 2.75) is 45.1 Å². The average molecular weight is 768 g/mol. The summed E-state index contributed by atoms with van der Waals surface area (Å²) < 4.78 is 8.24. The van der Waals surface area contributed by atoms with Gasteiger partial charge in [0, 0.05) is 42.4 Å². The van der Waals surface area contributed by atoms with Crippen LogP contribution in [-0.4, -0.2) is 55.5 Å². The molecule has 1 aliphatic carbocycles. The van der Waals surface area contributed by atoms with Crippen LogP contribution in [0.2, 0.25) is 10.0 Å². The number of benzene rings is 2. The first-order valence-electron chi connectivity index (χ1n) is 16.4. The van der Waals surface area contributed by atoms with Crippen molar-refractivity contribution in [3.05, 3.63) is 96.2 Å². The fraction of sp³-hybridized carbons (Fsp3) is 0.324. The molecule has 0 bridgehead atoms. The molecule has 7 rings (SSSR count). The minimum absolute atomic E-state index is 0. The van der Waals surface area contributed by atoms with Gasteiger partial charge in [-0.3, -0.25) is 20.2 Å². The van der Waals surface area contributed by atoms with E-state index in [9.17, 15) is 14.4 Å². The fourth-order valence-electron chi connectivity index (χ4n) is 7.25. The second-order valence-electron chi connectivity index (χ2n) is 12.7. The van der Waals surface area contributed by atoms with Gasteiger partial charge in [0.25, 0.3) is 5.56 Å². The largest absolute Gasteiger partial charge is 2.00 e. The SMILES string of the molecule is COc1nc(-c2cccc(-c3cccc(Nc4nc(C)nc5c4c(=O)n(C)c(=O)n5C)c3Cl)c2Cl)cc2c1[C@@H](N1CC[C-](CC[C-]=O)C1)CC2.[Mn+2]. The molecule has 1 aliphatic heterocycles. The average Bonchev–Trinajstić information content (AvgIpc) is 3.76. The maximum absolute atomic E-state index is 13.2. The standard InChI is InChI=1S/C37H35Cl2N7O4.Mn/c1-20-40-33(30-34(41-20)44(2)37(49)45(3)36(30)48)42-26-12-6-10-24(32(26)39)23-9-5-11-25(31(23)38)27-18-22-13-14-28(29(22)35(43-27)50-4)46-16-15-21(19-46)8-7-17-47;/h5-6,9-12,18,28H,7-8,13-16,19H2,1-4H3,(H,40,41,42);/q-2;+2/t28-;/m0./s1. The third-order valence-electron chi connectivity index (χ3n) is 9.75. The molecule has 51 heavy (non-hydrogen) atoms. The third-order valence-corrected chi connectivity index (χ3v) is 10.6. The normalized spacial score (nSPS) is 15.9. The Balaban J connectivity index is 0.00000448. The summed E-state index contributed by atoms with van der Waals surface area (Å²) in [4.78, 5) is 52.9. The van der Waals surface area contributed by atoms with E-state index in [1.54, 1.807) is 27.1 Å². The summed E-state index contributed by atoms with van der Waals surface area (Å²) in [5, 5.41) is 4.24. The van der Waals surface area contributed by atoms with Crippen molar-refractivity contribution in [1.29, 1.82) is 0 Å². The Hall–Kier alpha value is -4.06. The van der Waals surface area contributed by atoms with E-state index in [0.717, 1.165) is 54.5 Å². The van der Waals surface area contributed by atoms with Gasteiger partial charge < -0.3 is 25.7 Å². The van der Waals surface area contributed by atoms with Crippen molar-refractivity contribution in [2.24, 2.45) is 14.1 Å². The van der Waals surface area contributed by atoms with Gasteiger partial charge in [0.1, 0.15) is 17.0 Å². The quantitative estimate of drug-likeness (QED) is 0.136. The number of pyridine rings is 1. The van der Waals surface area contributed by atoms with Gasteiger partial charge >= 0.3 is 22.8 Å². The zero-order valence-electron chi connectivity index (χ0n) is 28.5.